The molecule has 0 unspecified atom stereocenters. The highest BCUT2D eigenvalue weighted by Crippen LogP contribution is 2.20. The zero-order chi connectivity index (χ0) is 13.5. The molecule has 0 bridgehead atoms. The van der Waals surface area contributed by atoms with Gasteiger partial charge in [-0.2, -0.15) is 0 Å². The Labute approximate surface area is 128 Å². The van der Waals surface area contributed by atoms with Gasteiger partial charge in [0.05, 0.1) is 12.1 Å². The van der Waals surface area contributed by atoms with Crippen LogP contribution in [0.5, 0.6) is 0 Å². The average Bonchev–Trinajstić information content (AvgIpc) is 2.40. The average molecular weight is 302 g/mol. The zero-order valence-electron chi connectivity index (χ0n) is 12.2. The summed E-state index contributed by atoms with van der Waals surface area (Å²) >= 11 is 0. The molecule has 2 rings (SSSR count). The molecule has 5 nitrogen and oxygen atoms in total. The number of halogens is 1. The van der Waals surface area contributed by atoms with Crippen LogP contribution in [-0.2, 0) is 0 Å². The number of guanidine groups is 2. The van der Waals surface area contributed by atoms with Crippen molar-refractivity contribution in [1.29, 1.82) is 0 Å². The Morgan fingerprint density at radius 1 is 0.700 bits per heavy atom. The molecule has 0 spiro atoms. The zero-order valence-corrected chi connectivity index (χ0v) is 13.0. The normalized spacial score (nSPS) is 23.2. The second kappa shape index (κ2) is 9.06. The molecule has 0 aromatic heterocycles. The summed E-state index contributed by atoms with van der Waals surface area (Å²) in [4.78, 5) is 8.98. The van der Waals surface area contributed by atoms with Crippen LogP contribution in [0, 0.1) is 0 Å². The monoisotopic (exact) mass is 301 g/mol. The second-order valence-electron chi connectivity index (χ2n) is 5.74. The number of hydrogen-bond donors (Lipinski definition) is 3. The van der Waals surface area contributed by atoms with Gasteiger partial charge in [0.15, 0.2) is 11.9 Å². The van der Waals surface area contributed by atoms with E-state index in [4.69, 9.17) is 11.5 Å². The molecule has 0 aromatic rings. The second-order valence-corrected chi connectivity index (χ2v) is 5.74. The van der Waals surface area contributed by atoms with Crippen LogP contribution in [0.3, 0.4) is 0 Å². The van der Waals surface area contributed by atoms with Crippen LogP contribution in [0.15, 0.2) is 9.98 Å². The number of nitrogens with two attached hydrogens (primary N) is 2. The standard InChI is InChI=1S/C14H27N5.ClH/c15-13(17-11-7-3-1-4-8-11)19-14(16)18-12-9-5-2-6-10-12;/h11-12H,1-10H2,(H5,15,16,17,18,19);1H. The Morgan fingerprint density at radius 3 is 1.40 bits per heavy atom. The van der Waals surface area contributed by atoms with Gasteiger partial charge < -0.3 is 11.5 Å². The van der Waals surface area contributed by atoms with Crippen molar-refractivity contribution in [3.8, 4) is 0 Å². The Bertz CT molecular complexity index is 298. The molecule has 0 atom stereocenters. The minimum atomic E-state index is 0. The highest BCUT2D eigenvalue weighted by atomic mass is 35.5. The molecule has 2 aliphatic carbocycles. The minimum absolute atomic E-state index is 0. The lowest BCUT2D eigenvalue weighted by Gasteiger charge is -2.20. The fraction of sp³-hybridized carbons (Fsp3) is 0.857. The molecule has 2 fully saturated rings. The van der Waals surface area contributed by atoms with Crippen molar-refractivity contribution in [1.82, 2.24) is 5.32 Å². The maximum atomic E-state index is 5.89. The summed E-state index contributed by atoms with van der Waals surface area (Å²) in [6.45, 7) is 0. The van der Waals surface area contributed by atoms with Gasteiger partial charge in [0, 0.05) is 0 Å². The van der Waals surface area contributed by atoms with Gasteiger partial charge in [-0.3, -0.25) is 5.32 Å². The third kappa shape index (κ3) is 5.99. The number of aliphatic imine (C=N–C) groups is 2. The number of nitrogens with one attached hydrogen (secondary N) is 1. The van der Waals surface area contributed by atoms with Gasteiger partial charge in [-0.05, 0) is 25.7 Å². The summed E-state index contributed by atoms with van der Waals surface area (Å²) in [6.07, 6.45) is 12.2. The van der Waals surface area contributed by atoms with E-state index in [0.717, 1.165) is 25.7 Å². The molecule has 0 aromatic carbocycles. The van der Waals surface area contributed by atoms with E-state index in [0.29, 0.717) is 24.0 Å². The van der Waals surface area contributed by atoms with Crippen molar-refractivity contribution >= 4 is 24.3 Å². The number of rotatable bonds is 2. The van der Waals surface area contributed by atoms with E-state index in [1.165, 1.54) is 38.5 Å². The third-order valence-corrected chi connectivity index (χ3v) is 4.05. The van der Waals surface area contributed by atoms with Gasteiger partial charge in [-0.25, -0.2) is 9.98 Å². The van der Waals surface area contributed by atoms with E-state index < -0.39 is 0 Å². The largest absolute Gasteiger partial charge is 0.370 e. The summed E-state index contributed by atoms with van der Waals surface area (Å²) < 4.78 is 0. The summed E-state index contributed by atoms with van der Waals surface area (Å²) in [5, 5.41) is 2.93. The van der Waals surface area contributed by atoms with Crippen LogP contribution < -0.4 is 16.8 Å². The van der Waals surface area contributed by atoms with E-state index in [1.807, 2.05) is 0 Å². The molecule has 116 valence electrons. The molecule has 0 saturated heterocycles. The van der Waals surface area contributed by atoms with Crippen molar-refractivity contribution in [2.75, 3.05) is 0 Å². The van der Waals surface area contributed by atoms with E-state index in [1.54, 1.807) is 0 Å². The van der Waals surface area contributed by atoms with Gasteiger partial charge in [0.2, 0.25) is 0 Å². The highest BCUT2D eigenvalue weighted by molar-refractivity contribution is 5.97. The summed E-state index contributed by atoms with van der Waals surface area (Å²) in [5.41, 5.74) is 11.8. The van der Waals surface area contributed by atoms with E-state index >= 15 is 0 Å². The first-order valence-corrected chi connectivity index (χ1v) is 7.67. The van der Waals surface area contributed by atoms with Gasteiger partial charge in [0.25, 0.3) is 0 Å². The number of nitrogens with zero attached hydrogens (tertiary/aromatic N) is 2. The lowest BCUT2D eigenvalue weighted by Crippen LogP contribution is -2.43. The fourth-order valence-electron chi connectivity index (χ4n) is 3.01. The molecule has 0 amide bonds. The van der Waals surface area contributed by atoms with Gasteiger partial charge in [-0.1, -0.05) is 38.5 Å². The van der Waals surface area contributed by atoms with Crippen molar-refractivity contribution in [2.45, 2.75) is 76.3 Å². The molecule has 6 heteroatoms. The molecule has 20 heavy (non-hydrogen) atoms. The van der Waals surface area contributed by atoms with E-state index in [2.05, 4.69) is 15.3 Å². The van der Waals surface area contributed by atoms with Crippen LogP contribution in [-0.4, -0.2) is 24.0 Å². The minimum Gasteiger partial charge on any atom is -0.370 e. The van der Waals surface area contributed by atoms with Crippen LogP contribution >= 0.6 is 12.4 Å². The van der Waals surface area contributed by atoms with Crippen molar-refractivity contribution in [3.63, 3.8) is 0 Å². The van der Waals surface area contributed by atoms with Crippen molar-refractivity contribution in [3.05, 3.63) is 0 Å². The maximum Gasteiger partial charge on any atom is 0.195 e. The first-order valence-electron chi connectivity index (χ1n) is 7.67. The van der Waals surface area contributed by atoms with Crippen molar-refractivity contribution < 1.29 is 0 Å². The maximum absolute atomic E-state index is 5.89. The Kier molecular flexibility index (Phi) is 7.73. The Balaban J connectivity index is 0.00000200. The Hall–Kier alpha value is -0.970. The number of hydrogen-bond acceptors (Lipinski definition) is 2. The molecule has 5 N–H and O–H groups in total. The summed E-state index contributed by atoms with van der Waals surface area (Å²) in [6, 6.07) is 0.729. The van der Waals surface area contributed by atoms with Crippen LogP contribution in [0.25, 0.3) is 0 Å². The predicted octanol–water partition coefficient (Wildman–Crippen LogP) is 2.29. The van der Waals surface area contributed by atoms with Crippen LogP contribution in [0.1, 0.15) is 64.2 Å². The van der Waals surface area contributed by atoms with E-state index in [-0.39, 0.29) is 12.4 Å². The van der Waals surface area contributed by atoms with Crippen LogP contribution in [0.4, 0.5) is 0 Å². The lowest BCUT2D eigenvalue weighted by molar-refractivity contribution is 0.441. The van der Waals surface area contributed by atoms with Gasteiger partial charge in [0.1, 0.15) is 0 Å². The lowest BCUT2D eigenvalue weighted by atomic mass is 9.96. The highest BCUT2D eigenvalue weighted by Gasteiger charge is 2.14. The molecule has 0 radical (unpaired) electrons. The van der Waals surface area contributed by atoms with Crippen molar-refractivity contribution in [2.24, 2.45) is 21.5 Å². The summed E-state index contributed by atoms with van der Waals surface area (Å²) in [7, 11) is 0. The fourth-order valence-corrected chi connectivity index (χ4v) is 3.01. The molecule has 0 heterocycles. The molecule has 2 aliphatic rings. The molecule has 2 saturated carbocycles. The Morgan fingerprint density at radius 2 is 1.05 bits per heavy atom. The topological polar surface area (TPSA) is 88.8 Å². The first kappa shape index (κ1) is 17.1. The summed E-state index contributed by atoms with van der Waals surface area (Å²) in [5.74, 6) is 0.841. The van der Waals surface area contributed by atoms with Gasteiger partial charge >= 0.3 is 0 Å². The first-order chi connectivity index (χ1) is 9.24. The molecular formula is C14H28ClN5. The smallest absolute Gasteiger partial charge is 0.195 e. The van der Waals surface area contributed by atoms with E-state index in [9.17, 15) is 0 Å². The van der Waals surface area contributed by atoms with Crippen LogP contribution in [0.2, 0.25) is 0 Å². The SMILES string of the molecule is Cl.NC(=NC1CCCCC1)NC(N)=NC1CCCCC1. The third-order valence-electron chi connectivity index (χ3n) is 4.05. The predicted molar refractivity (Wildman–Crippen MR) is 87.4 cm³/mol. The quantitative estimate of drug-likeness (QED) is 0.540. The molecular weight excluding hydrogens is 274 g/mol. The molecule has 0 aliphatic heterocycles. The van der Waals surface area contributed by atoms with Gasteiger partial charge in [-0.15, -0.1) is 12.4 Å².